The number of carbonyl (C=O) groups is 3. The smallest absolute Gasteiger partial charge is 0.303 e. The number of hydrogen-bond donors (Lipinski definition) is 1. The van der Waals surface area contributed by atoms with Crippen LogP contribution < -0.4 is 5.32 Å². The van der Waals surface area contributed by atoms with Crippen LogP contribution in [0.2, 0.25) is 0 Å². The molecule has 3 rings (SSSR count). The van der Waals surface area contributed by atoms with Crippen molar-refractivity contribution in [3.8, 4) is 0 Å². The lowest BCUT2D eigenvalue weighted by atomic mass is 9.83. The van der Waals surface area contributed by atoms with Crippen molar-refractivity contribution in [1.29, 1.82) is 0 Å². The van der Waals surface area contributed by atoms with Crippen LogP contribution in [-0.4, -0.2) is 52.7 Å². The molecule has 1 N–H and O–H groups in total. The Bertz CT molecular complexity index is 1070. The number of non-ortho nitro benzene ring substituents is 1. The largest absolute Gasteiger partial charge is 0.463 e. The van der Waals surface area contributed by atoms with Crippen molar-refractivity contribution in [3.63, 3.8) is 0 Å². The number of ketones is 1. The van der Waals surface area contributed by atoms with Crippen molar-refractivity contribution < 1.29 is 33.5 Å². The summed E-state index contributed by atoms with van der Waals surface area (Å²) in [5, 5.41) is 14.3. The molecule has 2 heterocycles. The van der Waals surface area contributed by atoms with Gasteiger partial charge in [0.25, 0.3) is 5.69 Å². The van der Waals surface area contributed by atoms with E-state index in [1.54, 1.807) is 0 Å². The fourth-order valence-corrected chi connectivity index (χ4v) is 4.42. The SMILES string of the molecule is CC(=O)OCC1O[C@H](Nc2ncc(C(=O)c3ccc([N+](=O)[O-])cc3)s2)C(OC(C)=O)[C@@H](C)[C@@H]1C. The highest BCUT2D eigenvalue weighted by atomic mass is 32.1. The van der Waals surface area contributed by atoms with Crippen LogP contribution in [0, 0.1) is 22.0 Å². The molecule has 12 heteroatoms. The molecule has 1 aromatic heterocycles. The van der Waals surface area contributed by atoms with E-state index in [4.69, 9.17) is 14.2 Å². The molecule has 0 bridgehead atoms. The molecule has 0 radical (unpaired) electrons. The summed E-state index contributed by atoms with van der Waals surface area (Å²) in [4.78, 5) is 50.5. The Morgan fingerprint density at radius 2 is 1.82 bits per heavy atom. The molecule has 2 unspecified atom stereocenters. The van der Waals surface area contributed by atoms with Crippen molar-refractivity contribution in [1.82, 2.24) is 4.98 Å². The van der Waals surface area contributed by atoms with E-state index in [1.165, 1.54) is 44.3 Å². The van der Waals surface area contributed by atoms with E-state index in [1.807, 2.05) is 13.8 Å². The first-order chi connectivity index (χ1) is 16.1. The molecule has 1 aliphatic heterocycles. The molecule has 182 valence electrons. The molecule has 1 aromatic carbocycles. The zero-order valence-electron chi connectivity index (χ0n) is 19.0. The molecular weight excluding hydrogens is 466 g/mol. The maximum Gasteiger partial charge on any atom is 0.303 e. The average molecular weight is 492 g/mol. The van der Waals surface area contributed by atoms with Gasteiger partial charge in [-0.3, -0.25) is 24.5 Å². The fourth-order valence-electron chi connectivity index (χ4n) is 3.61. The quantitative estimate of drug-likeness (QED) is 0.253. The Morgan fingerprint density at radius 3 is 2.41 bits per heavy atom. The molecular formula is C22H25N3O8S. The van der Waals surface area contributed by atoms with E-state index >= 15 is 0 Å². The van der Waals surface area contributed by atoms with Crippen LogP contribution in [0.25, 0.3) is 0 Å². The van der Waals surface area contributed by atoms with Crippen LogP contribution in [-0.2, 0) is 23.8 Å². The molecule has 0 amide bonds. The first kappa shape index (κ1) is 25.2. The summed E-state index contributed by atoms with van der Waals surface area (Å²) in [6.45, 7) is 6.52. The minimum absolute atomic E-state index is 0.0492. The summed E-state index contributed by atoms with van der Waals surface area (Å²) in [6, 6.07) is 5.30. The van der Waals surface area contributed by atoms with Crippen molar-refractivity contribution in [2.24, 2.45) is 11.8 Å². The predicted molar refractivity (Wildman–Crippen MR) is 121 cm³/mol. The number of ether oxygens (including phenoxy) is 3. The first-order valence-corrected chi connectivity index (χ1v) is 11.4. The predicted octanol–water partition coefficient (Wildman–Crippen LogP) is 3.19. The van der Waals surface area contributed by atoms with E-state index in [-0.39, 0.29) is 35.5 Å². The standard InChI is InChI=1S/C22H25N3O8S/c1-11-12(2)20(32-14(4)27)21(33-17(11)10-31-13(3)26)24-22-23-9-18(34-22)19(28)15-5-7-16(8-6-15)25(29)30/h5-9,11-12,17,20-21H,10H2,1-4H3,(H,23,24)/t11-,12-,17?,20?,21-/m0/s1. The van der Waals surface area contributed by atoms with Gasteiger partial charge in [0.15, 0.2) is 11.4 Å². The summed E-state index contributed by atoms with van der Waals surface area (Å²) < 4.78 is 16.7. The van der Waals surface area contributed by atoms with Crippen LogP contribution >= 0.6 is 11.3 Å². The molecule has 1 fully saturated rings. The van der Waals surface area contributed by atoms with Gasteiger partial charge in [0.05, 0.1) is 22.1 Å². The highest BCUT2D eigenvalue weighted by Gasteiger charge is 2.44. The van der Waals surface area contributed by atoms with E-state index < -0.39 is 35.3 Å². The molecule has 0 saturated carbocycles. The summed E-state index contributed by atoms with van der Waals surface area (Å²) in [5.74, 6) is -1.43. The number of aromatic nitrogens is 1. The van der Waals surface area contributed by atoms with Crippen molar-refractivity contribution >= 4 is 39.9 Å². The van der Waals surface area contributed by atoms with E-state index in [2.05, 4.69) is 10.3 Å². The Kier molecular flexibility index (Phi) is 7.94. The highest BCUT2D eigenvalue weighted by molar-refractivity contribution is 7.17. The van der Waals surface area contributed by atoms with Crippen LogP contribution in [0.15, 0.2) is 30.5 Å². The minimum atomic E-state index is -0.788. The maximum absolute atomic E-state index is 12.8. The summed E-state index contributed by atoms with van der Waals surface area (Å²) in [6.07, 6.45) is -0.477. The summed E-state index contributed by atoms with van der Waals surface area (Å²) >= 11 is 1.07. The monoisotopic (exact) mass is 491 g/mol. The van der Waals surface area contributed by atoms with Crippen LogP contribution in [0.1, 0.15) is 42.9 Å². The lowest BCUT2D eigenvalue weighted by molar-refractivity contribution is -0.384. The molecule has 5 atom stereocenters. The molecule has 0 aliphatic carbocycles. The minimum Gasteiger partial charge on any atom is -0.463 e. The van der Waals surface area contributed by atoms with Crippen molar-refractivity contribution in [2.75, 3.05) is 11.9 Å². The molecule has 2 aromatic rings. The third-order valence-corrected chi connectivity index (χ3v) is 6.57. The number of thiazole rings is 1. The number of esters is 2. The summed E-state index contributed by atoms with van der Waals surface area (Å²) in [5.41, 5.74) is 0.178. The molecule has 1 aliphatic rings. The van der Waals surface area contributed by atoms with E-state index in [9.17, 15) is 24.5 Å². The highest BCUT2D eigenvalue weighted by Crippen LogP contribution is 2.34. The van der Waals surface area contributed by atoms with Gasteiger partial charge in [-0.1, -0.05) is 25.2 Å². The van der Waals surface area contributed by atoms with E-state index in [0.717, 1.165) is 11.3 Å². The van der Waals surface area contributed by atoms with Gasteiger partial charge in [0.1, 0.15) is 12.7 Å². The molecule has 0 spiro atoms. The number of anilines is 1. The number of rotatable bonds is 8. The summed E-state index contributed by atoms with van der Waals surface area (Å²) in [7, 11) is 0. The van der Waals surface area contributed by atoms with Gasteiger partial charge >= 0.3 is 11.9 Å². The van der Waals surface area contributed by atoms with E-state index in [0.29, 0.717) is 10.0 Å². The lowest BCUT2D eigenvalue weighted by Gasteiger charge is -2.43. The number of hydrogen-bond acceptors (Lipinski definition) is 11. The van der Waals surface area contributed by atoms with Crippen LogP contribution in [0.5, 0.6) is 0 Å². The second kappa shape index (κ2) is 10.7. The number of nitro benzene ring substituents is 1. The van der Waals surface area contributed by atoms with Gasteiger partial charge in [-0.2, -0.15) is 0 Å². The van der Waals surface area contributed by atoms with Gasteiger partial charge in [-0.05, 0) is 18.1 Å². The average Bonchev–Trinajstić information content (AvgIpc) is 3.25. The van der Waals surface area contributed by atoms with Crippen molar-refractivity contribution in [2.45, 2.75) is 46.1 Å². The van der Waals surface area contributed by atoms with Gasteiger partial charge < -0.3 is 19.5 Å². The fraction of sp³-hybridized carbons (Fsp3) is 0.455. The molecule has 34 heavy (non-hydrogen) atoms. The third kappa shape index (κ3) is 5.94. The number of nitrogens with one attached hydrogen (secondary N) is 1. The zero-order chi connectivity index (χ0) is 25.0. The van der Waals surface area contributed by atoms with Gasteiger partial charge in [0, 0.05) is 37.5 Å². The Labute approximate surface area is 199 Å². The van der Waals surface area contributed by atoms with Crippen molar-refractivity contribution in [3.05, 3.63) is 51.0 Å². The van der Waals surface area contributed by atoms with Gasteiger partial charge in [0.2, 0.25) is 5.78 Å². The second-order valence-electron chi connectivity index (χ2n) is 8.00. The topological polar surface area (TPSA) is 147 Å². The normalized spacial score (nSPS) is 24.2. The number of carbonyl (C=O) groups excluding carboxylic acids is 3. The van der Waals surface area contributed by atoms with Crippen LogP contribution in [0.3, 0.4) is 0 Å². The van der Waals surface area contributed by atoms with Gasteiger partial charge in [-0.25, -0.2) is 4.98 Å². The second-order valence-corrected chi connectivity index (χ2v) is 9.03. The Morgan fingerprint density at radius 1 is 1.15 bits per heavy atom. The molecule has 1 saturated heterocycles. The first-order valence-electron chi connectivity index (χ1n) is 10.5. The van der Waals surface area contributed by atoms with Gasteiger partial charge in [-0.15, -0.1) is 0 Å². The maximum atomic E-state index is 12.8. The lowest BCUT2D eigenvalue weighted by Crippen LogP contribution is -2.55. The number of nitro groups is 1. The molecule has 11 nitrogen and oxygen atoms in total. The third-order valence-electron chi connectivity index (χ3n) is 5.64. The Hall–Kier alpha value is -3.38. The Balaban J connectivity index is 1.77. The van der Waals surface area contributed by atoms with Crippen LogP contribution in [0.4, 0.5) is 10.8 Å². The number of nitrogens with zero attached hydrogens (tertiary/aromatic N) is 2. The zero-order valence-corrected chi connectivity index (χ0v) is 19.9. The number of benzene rings is 1.